The third kappa shape index (κ3) is 5.07. The Hall–Kier alpha value is -3.41. The van der Waals surface area contributed by atoms with E-state index in [1.165, 1.54) is 0 Å². The summed E-state index contributed by atoms with van der Waals surface area (Å²) in [5, 5.41) is 6.09. The van der Waals surface area contributed by atoms with Gasteiger partial charge in [0.2, 0.25) is 5.95 Å². The summed E-state index contributed by atoms with van der Waals surface area (Å²) in [5.74, 6) is 0.977. The van der Waals surface area contributed by atoms with Crippen LogP contribution in [0.2, 0.25) is 0 Å². The zero-order valence-corrected chi connectivity index (χ0v) is 16.3. The number of aromatic nitrogens is 2. The Morgan fingerprint density at radius 1 is 1.11 bits per heavy atom. The van der Waals surface area contributed by atoms with E-state index >= 15 is 0 Å². The van der Waals surface area contributed by atoms with E-state index in [1.54, 1.807) is 19.4 Å². The fraction of sp³-hybridized carbons (Fsp3) is 0.227. The summed E-state index contributed by atoms with van der Waals surface area (Å²) < 4.78 is 5.22. The van der Waals surface area contributed by atoms with Crippen LogP contribution >= 0.6 is 0 Å². The van der Waals surface area contributed by atoms with Crippen LogP contribution in [0, 0.1) is 13.8 Å². The van der Waals surface area contributed by atoms with Crippen molar-refractivity contribution in [1.82, 2.24) is 15.3 Å². The van der Waals surface area contributed by atoms with Crippen LogP contribution < -0.4 is 15.4 Å². The first-order valence-electron chi connectivity index (χ1n) is 9.13. The molecule has 1 heterocycles. The molecular weight excluding hydrogens is 352 g/mol. The Bertz CT molecular complexity index is 972. The van der Waals surface area contributed by atoms with E-state index in [9.17, 15) is 4.79 Å². The average molecular weight is 376 g/mol. The fourth-order valence-electron chi connectivity index (χ4n) is 2.78. The van der Waals surface area contributed by atoms with Gasteiger partial charge in [-0.3, -0.25) is 4.79 Å². The van der Waals surface area contributed by atoms with Crippen molar-refractivity contribution in [2.75, 3.05) is 19.0 Å². The van der Waals surface area contributed by atoms with Crippen molar-refractivity contribution >= 4 is 17.5 Å². The largest absolute Gasteiger partial charge is 0.497 e. The van der Waals surface area contributed by atoms with Crippen molar-refractivity contribution < 1.29 is 9.53 Å². The van der Waals surface area contributed by atoms with Gasteiger partial charge in [-0.15, -0.1) is 0 Å². The van der Waals surface area contributed by atoms with Crippen LogP contribution in [-0.4, -0.2) is 29.5 Å². The summed E-state index contributed by atoms with van der Waals surface area (Å²) >= 11 is 0. The number of ether oxygens (including phenoxy) is 1. The minimum absolute atomic E-state index is 0.227. The standard InChI is InChI=1S/C22H24N4O2/c1-15-7-8-16(2)20(13-15)26-22-24-12-10-19(25-22)21(27)23-11-9-17-5-4-6-18(14-17)28-3/h4-8,10,12-14H,9,11H2,1-3H3,(H,23,27)(H,24,25,26). The Balaban J connectivity index is 1.61. The van der Waals surface area contributed by atoms with Crippen molar-refractivity contribution in [3.05, 3.63) is 77.1 Å². The molecule has 2 aromatic carbocycles. The lowest BCUT2D eigenvalue weighted by atomic mass is 10.1. The highest BCUT2D eigenvalue weighted by atomic mass is 16.5. The minimum Gasteiger partial charge on any atom is -0.497 e. The number of rotatable bonds is 7. The van der Waals surface area contributed by atoms with Crippen LogP contribution in [0.5, 0.6) is 5.75 Å². The monoisotopic (exact) mass is 376 g/mol. The number of anilines is 2. The number of aryl methyl sites for hydroxylation is 2. The van der Waals surface area contributed by atoms with Gasteiger partial charge in [0.05, 0.1) is 7.11 Å². The molecule has 0 aliphatic rings. The van der Waals surface area contributed by atoms with Crippen molar-refractivity contribution in [1.29, 1.82) is 0 Å². The number of hydrogen-bond acceptors (Lipinski definition) is 5. The predicted octanol–water partition coefficient (Wildman–Crippen LogP) is 3.82. The maximum Gasteiger partial charge on any atom is 0.270 e. The van der Waals surface area contributed by atoms with E-state index in [2.05, 4.69) is 20.6 Å². The minimum atomic E-state index is -0.227. The topological polar surface area (TPSA) is 76.1 Å². The Morgan fingerprint density at radius 3 is 2.79 bits per heavy atom. The van der Waals surface area contributed by atoms with E-state index in [0.29, 0.717) is 24.6 Å². The molecule has 6 nitrogen and oxygen atoms in total. The second-order valence-electron chi connectivity index (χ2n) is 6.57. The summed E-state index contributed by atoms with van der Waals surface area (Å²) in [6.07, 6.45) is 2.29. The summed E-state index contributed by atoms with van der Waals surface area (Å²) in [6.45, 7) is 4.55. The summed E-state index contributed by atoms with van der Waals surface area (Å²) in [6, 6.07) is 15.5. The molecule has 3 rings (SSSR count). The van der Waals surface area contributed by atoms with Crippen LogP contribution in [0.3, 0.4) is 0 Å². The molecule has 0 atom stereocenters. The lowest BCUT2D eigenvalue weighted by molar-refractivity contribution is 0.0949. The number of hydrogen-bond donors (Lipinski definition) is 2. The Kier molecular flexibility index (Phi) is 6.22. The quantitative estimate of drug-likeness (QED) is 0.656. The third-order valence-corrected chi connectivity index (χ3v) is 4.36. The SMILES string of the molecule is COc1cccc(CCNC(=O)c2ccnc(Nc3cc(C)ccc3C)n2)c1. The van der Waals surface area contributed by atoms with E-state index in [1.807, 2.05) is 56.3 Å². The lowest BCUT2D eigenvalue weighted by Crippen LogP contribution is -2.26. The first-order chi connectivity index (χ1) is 13.5. The third-order valence-electron chi connectivity index (χ3n) is 4.36. The van der Waals surface area contributed by atoms with Gasteiger partial charge in [-0.1, -0.05) is 24.3 Å². The fourth-order valence-corrected chi connectivity index (χ4v) is 2.78. The molecule has 0 saturated heterocycles. The molecule has 1 aromatic heterocycles. The molecule has 0 spiro atoms. The molecule has 3 aromatic rings. The predicted molar refractivity (Wildman–Crippen MR) is 110 cm³/mol. The normalized spacial score (nSPS) is 10.4. The van der Waals surface area contributed by atoms with Gasteiger partial charge in [-0.25, -0.2) is 9.97 Å². The van der Waals surface area contributed by atoms with Crippen molar-refractivity contribution in [3.63, 3.8) is 0 Å². The van der Waals surface area contributed by atoms with Crippen molar-refractivity contribution in [3.8, 4) is 5.75 Å². The highest BCUT2D eigenvalue weighted by molar-refractivity contribution is 5.92. The van der Waals surface area contributed by atoms with Crippen molar-refractivity contribution in [2.45, 2.75) is 20.3 Å². The van der Waals surface area contributed by atoms with Crippen LogP contribution in [0.1, 0.15) is 27.2 Å². The van der Waals surface area contributed by atoms with Gasteiger partial charge in [0, 0.05) is 18.4 Å². The summed E-state index contributed by atoms with van der Waals surface area (Å²) in [5.41, 5.74) is 4.57. The number of amides is 1. The zero-order chi connectivity index (χ0) is 19.9. The van der Waals surface area contributed by atoms with E-state index in [4.69, 9.17) is 4.74 Å². The zero-order valence-electron chi connectivity index (χ0n) is 16.3. The average Bonchev–Trinajstić information content (AvgIpc) is 2.71. The molecule has 0 aliphatic heterocycles. The first kappa shape index (κ1) is 19.4. The van der Waals surface area contributed by atoms with Crippen LogP contribution in [0.4, 0.5) is 11.6 Å². The second-order valence-corrected chi connectivity index (χ2v) is 6.57. The molecule has 6 heteroatoms. The van der Waals surface area contributed by atoms with Crippen LogP contribution in [0.25, 0.3) is 0 Å². The molecule has 0 aliphatic carbocycles. The molecule has 1 amide bonds. The summed E-state index contributed by atoms with van der Waals surface area (Å²) in [4.78, 5) is 21.0. The van der Waals surface area contributed by atoms with E-state index in [0.717, 1.165) is 28.1 Å². The second kappa shape index (κ2) is 8.99. The van der Waals surface area contributed by atoms with Gasteiger partial charge in [0.1, 0.15) is 11.4 Å². The van der Waals surface area contributed by atoms with Gasteiger partial charge in [-0.2, -0.15) is 0 Å². The molecule has 0 fully saturated rings. The maximum absolute atomic E-state index is 12.4. The molecule has 0 saturated carbocycles. The van der Waals surface area contributed by atoms with E-state index in [-0.39, 0.29) is 5.91 Å². The van der Waals surface area contributed by atoms with E-state index < -0.39 is 0 Å². The number of benzene rings is 2. The number of carbonyl (C=O) groups is 1. The first-order valence-corrected chi connectivity index (χ1v) is 9.13. The highest BCUT2D eigenvalue weighted by Gasteiger charge is 2.09. The molecular formula is C22H24N4O2. The Morgan fingerprint density at radius 2 is 1.96 bits per heavy atom. The van der Waals surface area contributed by atoms with Crippen LogP contribution in [0.15, 0.2) is 54.7 Å². The summed E-state index contributed by atoms with van der Waals surface area (Å²) in [7, 11) is 1.64. The number of carbonyl (C=O) groups excluding carboxylic acids is 1. The number of nitrogens with zero attached hydrogens (tertiary/aromatic N) is 2. The van der Waals surface area contributed by atoms with Crippen LogP contribution in [-0.2, 0) is 6.42 Å². The maximum atomic E-state index is 12.4. The van der Waals surface area contributed by atoms with Gasteiger partial charge >= 0.3 is 0 Å². The number of nitrogens with one attached hydrogen (secondary N) is 2. The lowest BCUT2D eigenvalue weighted by Gasteiger charge is -2.10. The molecule has 0 radical (unpaired) electrons. The molecule has 2 N–H and O–H groups in total. The Labute approximate surface area is 165 Å². The van der Waals surface area contributed by atoms with Crippen molar-refractivity contribution in [2.24, 2.45) is 0 Å². The molecule has 144 valence electrons. The molecule has 0 bridgehead atoms. The van der Waals surface area contributed by atoms with Gasteiger partial charge < -0.3 is 15.4 Å². The number of methoxy groups -OCH3 is 1. The van der Waals surface area contributed by atoms with Gasteiger partial charge in [-0.05, 0) is 61.2 Å². The van der Waals surface area contributed by atoms with Gasteiger partial charge in [0.25, 0.3) is 5.91 Å². The smallest absolute Gasteiger partial charge is 0.270 e. The molecule has 0 unspecified atom stereocenters. The molecule has 28 heavy (non-hydrogen) atoms. The highest BCUT2D eigenvalue weighted by Crippen LogP contribution is 2.19. The van der Waals surface area contributed by atoms with Gasteiger partial charge in [0.15, 0.2) is 0 Å².